The van der Waals surface area contributed by atoms with Crippen molar-refractivity contribution in [3.05, 3.63) is 10.4 Å². The number of carbonyl (C=O) groups is 1. The number of esters is 1. The molecule has 1 rings (SSSR count). The zero-order chi connectivity index (χ0) is 11.1. The lowest BCUT2D eigenvalue weighted by atomic mass is 9.80. The van der Waals surface area contributed by atoms with Crippen LogP contribution in [0, 0.1) is 0 Å². The Labute approximate surface area is 89.4 Å². The van der Waals surface area contributed by atoms with E-state index in [0.29, 0.717) is 6.61 Å². The summed E-state index contributed by atoms with van der Waals surface area (Å²) in [6, 6.07) is 0. The van der Waals surface area contributed by atoms with Crippen LogP contribution in [0.15, 0.2) is 5.11 Å². The fourth-order valence-corrected chi connectivity index (χ4v) is 2.10. The van der Waals surface area contributed by atoms with Gasteiger partial charge in [0.15, 0.2) is 0 Å². The molecular formula is C10H17N3O2. The third-order valence-corrected chi connectivity index (χ3v) is 2.82. The van der Waals surface area contributed by atoms with Gasteiger partial charge >= 0.3 is 5.97 Å². The Morgan fingerprint density at radius 1 is 1.47 bits per heavy atom. The van der Waals surface area contributed by atoms with Gasteiger partial charge in [0, 0.05) is 4.91 Å². The molecule has 0 bridgehead atoms. The van der Waals surface area contributed by atoms with Gasteiger partial charge in [-0.05, 0) is 25.3 Å². The fourth-order valence-electron chi connectivity index (χ4n) is 2.10. The number of azide groups is 1. The van der Waals surface area contributed by atoms with Crippen molar-refractivity contribution >= 4 is 5.97 Å². The minimum absolute atomic E-state index is 0.227. The second-order valence-corrected chi connectivity index (χ2v) is 3.96. The van der Waals surface area contributed by atoms with Crippen LogP contribution in [-0.4, -0.2) is 18.1 Å². The standard InChI is InChI=1S/C10H17N3O2/c1-2-15-9(14)8-10(12-13-11)6-4-3-5-7-10/h2-8H2,1H3. The summed E-state index contributed by atoms with van der Waals surface area (Å²) in [7, 11) is 0. The van der Waals surface area contributed by atoms with E-state index < -0.39 is 5.54 Å². The molecule has 0 amide bonds. The highest BCUT2D eigenvalue weighted by Crippen LogP contribution is 2.35. The minimum Gasteiger partial charge on any atom is -0.466 e. The summed E-state index contributed by atoms with van der Waals surface area (Å²) in [4.78, 5) is 14.2. The molecule has 1 aliphatic rings. The molecule has 0 radical (unpaired) electrons. The molecule has 15 heavy (non-hydrogen) atoms. The van der Waals surface area contributed by atoms with Gasteiger partial charge in [0.1, 0.15) is 0 Å². The van der Waals surface area contributed by atoms with E-state index in [-0.39, 0.29) is 12.4 Å². The molecule has 1 fully saturated rings. The zero-order valence-corrected chi connectivity index (χ0v) is 9.11. The second kappa shape index (κ2) is 5.61. The van der Waals surface area contributed by atoms with Crippen molar-refractivity contribution in [3.8, 4) is 0 Å². The summed E-state index contributed by atoms with van der Waals surface area (Å²) in [5.41, 5.74) is 8.02. The van der Waals surface area contributed by atoms with Crippen LogP contribution in [0.1, 0.15) is 45.4 Å². The van der Waals surface area contributed by atoms with E-state index >= 15 is 0 Å². The summed E-state index contributed by atoms with van der Waals surface area (Å²) in [5.74, 6) is -0.258. The zero-order valence-electron chi connectivity index (χ0n) is 9.11. The van der Waals surface area contributed by atoms with E-state index in [1.807, 2.05) is 0 Å². The van der Waals surface area contributed by atoms with E-state index in [2.05, 4.69) is 10.0 Å². The molecule has 1 aliphatic carbocycles. The Balaban J connectivity index is 2.63. The average Bonchev–Trinajstić information content (AvgIpc) is 2.19. The van der Waals surface area contributed by atoms with Crippen molar-refractivity contribution in [1.29, 1.82) is 0 Å². The first-order valence-corrected chi connectivity index (χ1v) is 5.44. The normalized spacial score (nSPS) is 19.0. The quantitative estimate of drug-likeness (QED) is 0.310. The third kappa shape index (κ3) is 3.44. The van der Waals surface area contributed by atoms with Gasteiger partial charge in [-0.25, -0.2) is 0 Å². The van der Waals surface area contributed by atoms with Crippen LogP contribution in [0.4, 0.5) is 0 Å². The Bertz CT molecular complexity index is 266. The summed E-state index contributed by atoms with van der Waals surface area (Å²) < 4.78 is 4.89. The third-order valence-electron chi connectivity index (χ3n) is 2.82. The highest BCUT2D eigenvalue weighted by Gasteiger charge is 2.33. The number of hydrogen-bond donors (Lipinski definition) is 0. The van der Waals surface area contributed by atoms with Crippen molar-refractivity contribution in [2.75, 3.05) is 6.61 Å². The van der Waals surface area contributed by atoms with Crippen molar-refractivity contribution in [2.45, 2.75) is 51.0 Å². The molecule has 0 spiro atoms. The lowest BCUT2D eigenvalue weighted by Crippen LogP contribution is -2.32. The lowest BCUT2D eigenvalue weighted by Gasteiger charge is -2.31. The van der Waals surface area contributed by atoms with Crippen molar-refractivity contribution in [3.63, 3.8) is 0 Å². The molecule has 0 aliphatic heterocycles. The van der Waals surface area contributed by atoms with Gasteiger partial charge in [0.05, 0.1) is 18.6 Å². The maximum atomic E-state index is 11.4. The second-order valence-electron chi connectivity index (χ2n) is 3.96. The molecule has 0 atom stereocenters. The molecule has 5 nitrogen and oxygen atoms in total. The summed E-state index contributed by atoms with van der Waals surface area (Å²) in [6.45, 7) is 2.16. The van der Waals surface area contributed by atoms with Gasteiger partial charge in [-0.1, -0.05) is 24.4 Å². The summed E-state index contributed by atoms with van der Waals surface area (Å²) in [6.07, 6.45) is 5.04. The van der Waals surface area contributed by atoms with Gasteiger partial charge in [0.25, 0.3) is 0 Å². The number of rotatable bonds is 4. The monoisotopic (exact) mass is 211 g/mol. The van der Waals surface area contributed by atoms with Crippen LogP contribution in [0.3, 0.4) is 0 Å². The van der Waals surface area contributed by atoms with Crippen LogP contribution in [0.5, 0.6) is 0 Å². The predicted octanol–water partition coefficient (Wildman–Crippen LogP) is 2.95. The number of carbonyl (C=O) groups excluding carboxylic acids is 1. The molecule has 84 valence electrons. The Hall–Kier alpha value is -1.22. The first-order valence-electron chi connectivity index (χ1n) is 5.44. The fraction of sp³-hybridized carbons (Fsp3) is 0.900. The minimum atomic E-state index is -0.515. The smallest absolute Gasteiger partial charge is 0.306 e. The molecular weight excluding hydrogens is 194 g/mol. The maximum Gasteiger partial charge on any atom is 0.306 e. The molecule has 0 heterocycles. The van der Waals surface area contributed by atoms with E-state index in [4.69, 9.17) is 10.3 Å². The maximum absolute atomic E-state index is 11.4. The topological polar surface area (TPSA) is 75.1 Å². The molecule has 5 heteroatoms. The lowest BCUT2D eigenvalue weighted by molar-refractivity contribution is -0.144. The molecule has 1 saturated carbocycles. The van der Waals surface area contributed by atoms with Crippen LogP contribution in [0.2, 0.25) is 0 Å². The number of nitrogens with zero attached hydrogens (tertiary/aromatic N) is 3. The van der Waals surface area contributed by atoms with Gasteiger partial charge in [-0.3, -0.25) is 4.79 Å². The van der Waals surface area contributed by atoms with Crippen molar-refractivity contribution in [1.82, 2.24) is 0 Å². The van der Waals surface area contributed by atoms with Gasteiger partial charge in [-0.15, -0.1) is 0 Å². The van der Waals surface area contributed by atoms with Crippen LogP contribution < -0.4 is 0 Å². The predicted molar refractivity (Wildman–Crippen MR) is 56.2 cm³/mol. The van der Waals surface area contributed by atoms with Crippen LogP contribution in [0.25, 0.3) is 10.4 Å². The first kappa shape index (κ1) is 11.9. The molecule has 0 saturated heterocycles. The molecule has 0 aromatic carbocycles. The average molecular weight is 211 g/mol. The Kier molecular flexibility index (Phi) is 4.43. The summed E-state index contributed by atoms with van der Waals surface area (Å²) >= 11 is 0. The Morgan fingerprint density at radius 3 is 2.67 bits per heavy atom. The van der Waals surface area contributed by atoms with Gasteiger partial charge in [0.2, 0.25) is 0 Å². The molecule has 0 unspecified atom stereocenters. The molecule has 0 aromatic heterocycles. The number of hydrogen-bond acceptors (Lipinski definition) is 3. The number of ether oxygens (including phenoxy) is 1. The van der Waals surface area contributed by atoms with Crippen molar-refractivity contribution < 1.29 is 9.53 Å². The van der Waals surface area contributed by atoms with Gasteiger partial charge < -0.3 is 4.74 Å². The summed E-state index contributed by atoms with van der Waals surface area (Å²) in [5, 5.41) is 3.82. The SMILES string of the molecule is CCOC(=O)CC1(N=[N+]=[N-])CCCCC1. The van der Waals surface area contributed by atoms with E-state index in [0.717, 1.165) is 32.1 Å². The van der Waals surface area contributed by atoms with E-state index in [1.165, 1.54) is 0 Å². The van der Waals surface area contributed by atoms with E-state index in [9.17, 15) is 4.79 Å². The van der Waals surface area contributed by atoms with E-state index in [1.54, 1.807) is 6.92 Å². The highest BCUT2D eigenvalue weighted by atomic mass is 16.5. The van der Waals surface area contributed by atoms with Crippen molar-refractivity contribution in [2.24, 2.45) is 5.11 Å². The highest BCUT2D eigenvalue weighted by molar-refractivity contribution is 5.71. The molecule has 0 N–H and O–H groups in total. The van der Waals surface area contributed by atoms with Crippen LogP contribution in [-0.2, 0) is 9.53 Å². The largest absolute Gasteiger partial charge is 0.466 e. The molecule has 0 aromatic rings. The van der Waals surface area contributed by atoms with Gasteiger partial charge in [-0.2, -0.15) is 0 Å². The Morgan fingerprint density at radius 2 is 2.13 bits per heavy atom. The van der Waals surface area contributed by atoms with Crippen LogP contribution >= 0.6 is 0 Å². The first-order chi connectivity index (χ1) is 7.22.